The average molecular weight is 281 g/mol. The van der Waals surface area contributed by atoms with Crippen LogP contribution in [0.2, 0.25) is 0 Å². The van der Waals surface area contributed by atoms with Crippen molar-refractivity contribution in [1.29, 1.82) is 0 Å². The molecule has 0 saturated heterocycles. The van der Waals surface area contributed by atoms with Gasteiger partial charge in [-0.3, -0.25) is 0 Å². The molecule has 0 aliphatic rings. The second kappa shape index (κ2) is 5.30. The first-order valence-corrected chi connectivity index (χ1v) is 8.18. The lowest BCUT2D eigenvalue weighted by molar-refractivity contribution is 0.570. The van der Waals surface area contributed by atoms with Gasteiger partial charge in [0.2, 0.25) is 10.0 Å². The van der Waals surface area contributed by atoms with E-state index in [1.165, 1.54) is 6.26 Å². The Labute approximate surface area is 113 Å². The molecule has 1 aromatic heterocycles. The summed E-state index contributed by atoms with van der Waals surface area (Å²) in [5.41, 5.74) is 2.04. The highest BCUT2D eigenvalue weighted by atomic mass is 32.2. The maximum Gasteiger partial charge on any atom is 0.208 e. The van der Waals surface area contributed by atoms with E-state index < -0.39 is 10.0 Å². The number of hydrogen-bond acceptors (Lipinski definition) is 3. The van der Waals surface area contributed by atoms with E-state index in [1.807, 2.05) is 24.3 Å². The summed E-state index contributed by atoms with van der Waals surface area (Å²) < 4.78 is 26.8. The summed E-state index contributed by atoms with van der Waals surface area (Å²) in [6.07, 6.45) is 1.75. The standard InChI is InChI=1S/C13H19N3O2S/c1-10(2)16-12-7-5-4-6-11(12)15-13(16)8-9-14-19(3,17)18/h4-7,10,14H,8-9H2,1-3H3. The van der Waals surface area contributed by atoms with Crippen molar-refractivity contribution in [3.8, 4) is 0 Å². The van der Waals surface area contributed by atoms with E-state index in [4.69, 9.17) is 0 Å². The molecule has 6 heteroatoms. The average Bonchev–Trinajstić information content (AvgIpc) is 2.65. The van der Waals surface area contributed by atoms with Crippen LogP contribution >= 0.6 is 0 Å². The summed E-state index contributed by atoms with van der Waals surface area (Å²) in [6, 6.07) is 8.25. The zero-order valence-electron chi connectivity index (χ0n) is 11.4. The Bertz CT molecular complexity index is 674. The third-order valence-electron chi connectivity index (χ3n) is 2.90. The second-order valence-electron chi connectivity index (χ2n) is 4.90. The highest BCUT2D eigenvalue weighted by Crippen LogP contribution is 2.20. The molecule has 0 radical (unpaired) electrons. The van der Waals surface area contributed by atoms with Crippen LogP contribution in [0.15, 0.2) is 24.3 Å². The van der Waals surface area contributed by atoms with Crippen LogP contribution in [0.5, 0.6) is 0 Å². The molecule has 0 bridgehead atoms. The van der Waals surface area contributed by atoms with Crippen molar-refractivity contribution in [3.63, 3.8) is 0 Å². The SMILES string of the molecule is CC(C)n1c(CCNS(C)(=O)=O)nc2ccccc21. The van der Waals surface area contributed by atoms with Crippen LogP contribution in [0.4, 0.5) is 0 Å². The summed E-state index contributed by atoms with van der Waals surface area (Å²) in [6.45, 7) is 4.57. The van der Waals surface area contributed by atoms with Crippen LogP contribution in [0.3, 0.4) is 0 Å². The maximum absolute atomic E-state index is 11.1. The minimum atomic E-state index is -3.14. The van der Waals surface area contributed by atoms with Gasteiger partial charge in [0, 0.05) is 19.0 Å². The zero-order valence-corrected chi connectivity index (χ0v) is 12.2. The van der Waals surface area contributed by atoms with E-state index in [2.05, 4.69) is 28.1 Å². The summed E-state index contributed by atoms with van der Waals surface area (Å²) in [5.74, 6) is 0.910. The lowest BCUT2D eigenvalue weighted by Crippen LogP contribution is -2.25. The Morgan fingerprint density at radius 2 is 2.00 bits per heavy atom. The van der Waals surface area contributed by atoms with Crippen molar-refractivity contribution in [1.82, 2.24) is 14.3 Å². The minimum absolute atomic E-state index is 0.292. The van der Waals surface area contributed by atoms with E-state index in [9.17, 15) is 8.42 Å². The van der Waals surface area contributed by atoms with Crippen molar-refractivity contribution < 1.29 is 8.42 Å². The van der Waals surface area contributed by atoms with Crippen LogP contribution in [0.25, 0.3) is 11.0 Å². The molecule has 2 aromatic rings. The fourth-order valence-corrected chi connectivity index (χ4v) is 2.67. The van der Waals surface area contributed by atoms with Gasteiger partial charge >= 0.3 is 0 Å². The van der Waals surface area contributed by atoms with Crippen molar-refractivity contribution in [2.45, 2.75) is 26.3 Å². The molecule has 0 fully saturated rings. The molecule has 5 nitrogen and oxygen atoms in total. The van der Waals surface area contributed by atoms with Crippen molar-refractivity contribution in [2.24, 2.45) is 0 Å². The fourth-order valence-electron chi connectivity index (χ4n) is 2.20. The third-order valence-corrected chi connectivity index (χ3v) is 3.63. The molecular formula is C13H19N3O2S. The monoisotopic (exact) mass is 281 g/mol. The van der Waals surface area contributed by atoms with E-state index in [1.54, 1.807) is 0 Å². The number of nitrogens with one attached hydrogen (secondary N) is 1. The first kappa shape index (κ1) is 14.0. The van der Waals surface area contributed by atoms with E-state index in [0.717, 1.165) is 16.9 Å². The van der Waals surface area contributed by atoms with Crippen LogP contribution < -0.4 is 4.72 Å². The van der Waals surface area contributed by atoms with Crippen molar-refractivity contribution >= 4 is 21.1 Å². The lowest BCUT2D eigenvalue weighted by atomic mass is 10.3. The molecule has 0 saturated carbocycles. The number of aromatic nitrogens is 2. The molecule has 2 rings (SSSR count). The van der Waals surface area contributed by atoms with Gasteiger partial charge in [0.15, 0.2) is 0 Å². The summed E-state index contributed by atoms with van der Waals surface area (Å²) in [5, 5.41) is 0. The molecule has 0 aliphatic carbocycles. The first-order valence-electron chi connectivity index (χ1n) is 6.29. The molecule has 0 atom stereocenters. The lowest BCUT2D eigenvalue weighted by Gasteiger charge is -2.13. The van der Waals surface area contributed by atoms with E-state index in [-0.39, 0.29) is 0 Å². The normalized spacial score (nSPS) is 12.4. The van der Waals surface area contributed by atoms with E-state index in [0.29, 0.717) is 19.0 Å². The highest BCUT2D eigenvalue weighted by molar-refractivity contribution is 7.88. The minimum Gasteiger partial charge on any atom is -0.325 e. The molecule has 0 aliphatic heterocycles. The first-order chi connectivity index (χ1) is 8.88. The third kappa shape index (κ3) is 3.33. The topological polar surface area (TPSA) is 64.0 Å². The Balaban J connectivity index is 2.29. The van der Waals surface area contributed by atoms with Crippen LogP contribution in [-0.4, -0.2) is 30.8 Å². The molecule has 1 N–H and O–H groups in total. The number of para-hydroxylation sites is 2. The molecule has 104 valence electrons. The summed E-state index contributed by atoms with van der Waals surface area (Å²) in [7, 11) is -3.14. The van der Waals surface area contributed by atoms with Crippen LogP contribution in [0.1, 0.15) is 25.7 Å². The Morgan fingerprint density at radius 3 is 2.63 bits per heavy atom. The fraction of sp³-hybridized carbons (Fsp3) is 0.462. The van der Waals surface area contributed by atoms with Crippen molar-refractivity contribution in [3.05, 3.63) is 30.1 Å². The number of benzene rings is 1. The molecule has 0 unspecified atom stereocenters. The smallest absolute Gasteiger partial charge is 0.208 e. The molecule has 1 aromatic carbocycles. The molecule has 1 heterocycles. The largest absolute Gasteiger partial charge is 0.325 e. The maximum atomic E-state index is 11.1. The second-order valence-corrected chi connectivity index (χ2v) is 6.73. The number of imidazole rings is 1. The Kier molecular flexibility index (Phi) is 3.91. The highest BCUT2D eigenvalue weighted by Gasteiger charge is 2.13. The van der Waals surface area contributed by atoms with Gasteiger partial charge in [0.05, 0.1) is 17.3 Å². The Hall–Kier alpha value is -1.40. The predicted octanol–water partition coefficient (Wildman–Crippen LogP) is 1.71. The number of fused-ring (bicyclic) bond motifs is 1. The van der Waals surface area contributed by atoms with Gasteiger partial charge in [-0.2, -0.15) is 0 Å². The molecule has 0 amide bonds. The van der Waals surface area contributed by atoms with Gasteiger partial charge in [-0.15, -0.1) is 0 Å². The van der Waals surface area contributed by atoms with E-state index >= 15 is 0 Å². The summed E-state index contributed by atoms with van der Waals surface area (Å²) in [4.78, 5) is 4.58. The van der Waals surface area contributed by atoms with Gasteiger partial charge in [-0.25, -0.2) is 18.1 Å². The zero-order chi connectivity index (χ0) is 14.0. The van der Waals surface area contributed by atoms with Gasteiger partial charge in [-0.05, 0) is 26.0 Å². The molecule has 0 spiro atoms. The number of sulfonamides is 1. The quantitative estimate of drug-likeness (QED) is 0.907. The number of nitrogens with zero attached hydrogens (tertiary/aromatic N) is 2. The van der Waals surface area contributed by atoms with Crippen molar-refractivity contribution in [2.75, 3.05) is 12.8 Å². The van der Waals surface area contributed by atoms with Crippen LogP contribution in [0, 0.1) is 0 Å². The van der Waals surface area contributed by atoms with Gasteiger partial charge in [0.25, 0.3) is 0 Å². The van der Waals surface area contributed by atoms with Gasteiger partial charge in [0.1, 0.15) is 5.82 Å². The Morgan fingerprint density at radius 1 is 1.32 bits per heavy atom. The van der Waals surface area contributed by atoms with Gasteiger partial charge in [-0.1, -0.05) is 12.1 Å². The predicted molar refractivity (Wildman–Crippen MR) is 76.7 cm³/mol. The molecular weight excluding hydrogens is 262 g/mol. The van der Waals surface area contributed by atoms with Gasteiger partial charge < -0.3 is 4.57 Å². The molecule has 19 heavy (non-hydrogen) atoms. The number of rotatable bonds is 5. The summed E-state index contributed by atoms with van der Waals surface area (Å²) >= 11 is 0. The number of hydrogen-bond donors (Lipinski definition) is 1. The van der Waals surface area contributed by atoms with Crippen LogP contribution in [-0.2, 0) is 16.4 Å².